The Morgan fingerprint density at radius 3 is 2.65 bits per heavy atom. The van der Waals surface area contributed by atoms with E-state index in [2.05, 4.69) is 0 Å². The zero-order chi connectivity index (χ0) is 13.2. The maximum atomic E-state index is 11.5. The van der Waals surface area contributed by atoms with Gasteiger partial charge in [-0.15, -0.1) is 11.3 Å². The second-order valence-electron chi connectivity index (χ2n) is 2.70. The summed E-state index contributed by atoms with van der Waals surface area (Å²) in [6, 6.07) is 0.775. The number of nitrogens with zero attached hydrogens (tertiary/aromatic N) is 1. The van der Waals surface area contributed by atoms with Gasteiger partial charge < -0.3 is 5.11 Å². The lowest BCUT2D eigenvalue weighted by Crippen LogP contribution is -2.28. The smallest absolute Gasteiger partial charge is 0.318 e. The van der Waals surface area contributed by atoms with Crippen LogP contribution < -0.4 is 4.72 Å². The summed E-state index contributed by atoms with van der Waals surface area (Å²) in [7, 11) is -4.09. The first-order valence-corrected chi connectivity index (χ1v) is 6.57. The molecule has 0 radical (unpaired) electrons. The highest BCUT2D eigenvalue weighted by Crippen LogP contribution is 2.35. The van der Waals surface area contributed by atoms with Gasteiger partial charge in [-0.1, -0.05) is 11.6 Å². The van der Waals surface area contributed by atoms with Crippen LogP contribution in [-0.2, 0) is 14.8 Å². The number of carbonyl (C=O) groups is 1. The Bertz CT molecular complexity index is 565. The molecule has 8 nitrogen and oxygen atoms in total. The largest absolute Gasteiger partial charge is 0.480 e. The molecule has 94 valence electrons. The summed E-state index contributed by atoms with van der Waals surface area (Å²) in [6.45, 7) is -0.814. The molecular formula is C6H5ClN2O6S2. The van der Waals surface area contributed by atoms with E-state index in [1.165, 1.54) is 0 Å². The molecule has 1 aromatic heterocycles. The second-order valence-corrected chi connectivity index (χ2v) is 6.35. The van der Waals surface area contributed by atoms with Crippen LogP contribution >= 0.6 is 22.9 Å². The van der Waals surface area contributed by atoms with E-state index in [0.29, 0.717) is 11.3 Å². The van der Waals surface area contributed by atoms with Crippen LogP contribution in [0.1, 0.15) is 0 Å². The van der Waals surface area contributed by atoms with Gasteiger partial charge in [-0.05, 0) is 0 Å². The molecule has 11 heteroatoms. The predicted octanol–water partition coefficient (Wildman–Crippen LogP) is 0.673. The number of carboxylic acid groups (broad SMARTS) is 1. The molecule has 1 heterocycles. The molecule has 0 spiro atoms. The number of halogens is 1. The molecule has 0 aromatic carbocycles. The fourth-order valence-electron chi connectivity index (χ4n) is 0.823. The average Bonchev–Trinajstić information content (AvgIpc) is 2.58. The van der Waals surface area contributed by atoms with Gasteiger partial charge in [0.2, 0.25) is 0 Å². The number of hydrogen-bond donors (Lipinski definition) is 2. The number of carboxylic acids is 1. The summed E-state index contributed by atoms with van der Waals surface area (Å²) in [5.41, 5.74) is -0.535. The third-order valence-electron chi connectivity index (χ3n) is 1.52. The van der Waals surface area contributed by atoms with Crippen LogP contribution in [0.3, 0.4) is 0 Å². The van der Waals surface area contributed by atoms with Crippen molar-refractivity contribution in [1.82, 2.24) is 4.72 Å². The minimum absolute atomic E-state index is 0.286. The summed E-state index contributed by atoms with van der Waals surface area (Å²) < 4.78 is 24.0. The Morgan fingerprint density at radius 2 is 2.24 bits per heavy atom. The Morgan fingerprint density at radius 1 is 1.65 bits per heavy atom. The van der Waals surface area contributed by atoms with Gasteiger partial charge in [0.25, 0.3) is 15.7 Å². The van der Waals surface area contributed by atoms with E-state index in [4.69, 9.17) is 16.7 Å². The van der Waals surface area contributed by atoms with E-state index >= 15 is 0 Å². The summed E-state index contributed by atoms with van der Waals surface area (Å²) >= 11 is 5.96. The molecular weight excluding hydrogens is 296 g/mol. The van der Waals surface area contributed by atoms with Gasteiger partial charge in [-0.25, -0.2) is 8.42 Å². The standard InChI is InChI=1S/C6H5ClN2O6S2/c7-6-3(9(12)13)1-5(16-6)17(14,15)8-2-4(10)11/h1,8H,2H2,(H,10,11). The Labute approximate surface area is 104 Å². The van der Waals surface area contributed by atoms with Crippen LogP contribution in [0.5, 0.6) is 0 Å². The van der Waals surface area contributed by atoms with Gasteiger partial charge in [0.05, 0.1) is 4.92 Å². The fourth-order valence-corrected chi connectivity index (χ4v) is 3.51. The van der Waals surface area contributed by atoms with E-state index in [1.807, 2.05) is 0 Å². The lowest BCUT2D eigenvalue weighted by atomic mass is 10.6. The van der Waals surface area contributed by atoms with Crippen LogP contribution in [0.25, 0.3) is 0 Å². The van der Waals surface area contributed by atoms with Crippen molar-refractivity contribution in [3.63, 3.8) is 0 Å². The first-order chi connectivity index (χ1) is 7.74. The molecule has 1 aromatic rings. The van der Waals surface area contributed by atoms with E-state index < -0.39 is 37.4 Å². The van der Waals surface area contributed by atoms with E-state index in [1.54, 1.807) is 4.72 Å². The molecule has 1 rings (SSSR count). The molecule has 0 unspecified atom stereocenters. The Hall–Kier alpha value is -1.23. The van der Waals surface area contributed by atoms with Crippen LogP contribution in [0.4, 0.5) is 5.69 Å². The van der Waals surface area contributed by atoms with E-state index in [-0.39, 0.29) is 4.34 Å². The SMILES string of the molecule is O=C(O)CNS(=O)(=O)c1cc([N+](=O)[O-])c(Cl)s1. The van der Waals surface area contributed by atoms with Gasteiger partial charge in [-0.3, -0.25) is 14.9 Å². The molecule has 0 bridgehead atoms. The molecule has 0 aliphatic carbocycles. The van der Waals surface area contributed by atoms with Crippen LogP contribution in [0.2, 0.25) is 4.34 Å². The number of thiophene rings is 1. The van der Waals surface area contributed by atoms with Crippen LogP contribution in [0.15, 0.2) is 10.3 Å². The topological polar surface area (TPSA) is 127 Å². The predicted molar refractivity (Wildman–Crippen MR) is 58.8 cm³/mol. The minimum Gasteiger partial charge on any atom is -0.480 e. The van der Waals surface area contributed by atoms with Gasteiger partial charge in [-0.2, -0.15) is 4.72 Å². The number of hydrogen-bond acceptors (Lipinski definition) is 6. The highest BCUT2D eigenvalue weighted by molar-refractivity contribution is 7.91. The maximum absolute atomic E-state index is 11.5. The van der Waals surface area contributed by atoms with E-state index in [9.17, 15) is 23.3 Å². The summed E-state index contributed by atoms with van der Waals surface area (Å²) in [6.07, 6.45) is 0. The third kappa shape index (κ3) is 3.36. The second kappa shape index (κ2) is 4.96. The summed E-state index contributed by atoms with van der Waals surface area (Å²) in [4.78, 5) is 19.8. The zero-order valence-corrected chi connectivity index (χ0v) is 10.3. The number of aliphatic carboxylic acids is 1. The molecule has 0 fully saturated rings. The number of sulfonamides is 1. The summed E-state index contributed by atoms with van der Waals surface area (Å²) in [5.74, 6) is -1.37. The van der Waals surface area contributed by atoms with Gasteiger partial charge in [0, 0.05) is 6.07 Å². The maximum Gasteiger partial charge on any atom is 0.318 e. The van der Waals surface area contributed by atoms with Gasteiger partial charge >= 0.3 is 5.97 Å². The average molecular weight is 301 g/mol. The van der Waals surface area contributed by atoms with Crippen molar-refractivity contribution in [2.75, 3.05) is 6.54 Å². The lowest BCUT2D eigenvalue weighted by Gasteiger charge is -1.99. The van der Waals surface area contributed by atoms with Crippen molar-refractivity contribution in [3.8, 4) is 0 Å². The number of nitrogens with one attached hydrogen (secondary N) is 1. The van der Waals surface area contributed by atoms with Gasteiger partial charge in [0.1, 0.15) is 10.8 Å². The Kier molecular flexibility index (Phi) is 4.03. The van der Waals surface area contributed by atoms with Crippen LogP contribution in [0, 0.1) is 10.1 Å². The molecule has 0 aliphatic rings. The zero-order valence-electron chi connectivity index (χ0n) is 7.91. The normalized spacial score (nSPS) is 11.4. The monoisotopic (exact) mass is 300 g/mol. The molecule has 0 atom stereocenters. The number of nitro groups is 1. The first kappa shape index (κ1) is 13.8. The van der Waals surface area contributed by atoms with Crippen molar-refractivity contribution in [2.24, 2.45) is 0 Å². The van der Waals surface area contributed by atoms with Crippen molar-refractivity contribution in [1.29, 1.82) is 0 Å². The molecule has 17 heavy (non-hydrogen) atoms. The first-order valence-electron chi connectivity index (χ1n) is 3.89. The number of rotatable bonds is 5. The molecule has 0 saturated heterocycles. The highest BCUT2D eigenvalue weighted by Gasteiger charge is 2.25. The van der Waals surface area contributed by atoms with Crippen molar-refractivity contribution in [3.05, 3.63) is 20.5 Å². The molecule has 0 amide bonds. The molecule has 0 saturated carbocycles. The van der Waals surface area contributed by atoms with Crippen molar-refractivity contribution >= 4 is 44.6 Å². The fraction of sp³-hybridized carbons (Fsp3) is 0.167. The van der Waals surface area contributed by atoms with Gasteiger partial charge in [0.15, 0.2) is 4.34 Å². The summed E-state index contributed by atoms with van der Waals surface area (Å²) in [5, 5.41) is 18.8. The van der Waals surface area contributed by atoms with Crippen molar-refractivity contribution in [2.45, 2.75) is 4.21 Å². The lowest BCUT2D eigenvalue weighted by molar-refractivity contribution is -0.384. The van der Waals surface area contributed by atoms with Crippen molar-refractivity contribution < 1.29 is 23.2 Å². The minimum atomic E-state index is -4.09. The highest BCUT2D eigenvalue weighted by atomic mass is 35.5. The third-order valence-corrected chi connectivity index (χ3v) is 4.73. The Balaban J connectivity index is 3.04. The quantitative estimate of drug-likeness (QED) is 0.608. The van der Waals surface area contributed by atoms with E-state index in [0.717, 1.165) is 6.07 Å². The molecule has 2 N–H and O–H groups in total. The molecule has 0 aliphatic heterocycles. The van der Waals surface area contributed by atoms with Crippen LogP contribution in [-0.4, -0.2) is 31.0 Å².